The number of alkyl halides is 2. The summed E-state index contributed by atoms with van der Waals surface area (Å²) in [6.07, 6.45) is 2.11. The van der Waals surface area contributed by atoms with Gasteiger partial charge in [-0.3, -0.25) is 0 Å². The molecule has 0 aliphatic carbocycles. The maximum absolute atomic E-state index is 6.10. The summed E-state index contributed by atoms with van der Waals surface area (Å²) in [5.74, 6) is 0.952. The number of hydrogen-bond acceptors (Lipinski definition) is 6. The molecule has 1 rings (SSSR count). The highest BCUT2D eigenvalue weighted by Gasteiger charge is 2.23. The molecule has 0 atom stereocenters. The van der Waals surface area contributed by atoms with E-state index in [0.29, 0.717) is 44.8 Å². The van der Waals surface area contributed by atoms with E-state index < -0.39 is 0 Å². The maximum atomic E-state index is 6.10. The smallest absolute Gasteiger partial charge is 0.0701 e. The molecule has 0 aliphatic heterocycles. The quantitative estimate of drug-likeness (QED) is 0.182. The zero-order valence-electron chi connectivity index (χ0n) is 17.3. The van der Waals surface area contributed by atoms with Crippen molar-refractivity contribution in [3.63, 3.8) is 0 Å². The van der Waals surface area contributed by atoms with Crippen molar-refractivity contribution in [3.05, 3.63) is 29.3 Å². The van der Waals surface area contributed by atoms with Crippen LogP contribution < -0.4 is 4.90 Å². The Hall–Kier alpha value is 0.180. The monoisotopic (exact) mass is 469 g/mol. The van der Waals surface area contributed by atoms with Gasteiger partial charge in [-0.05, 0) is 43.4 Å². The van der Waals surface area contributed by atoms with E-state index in [9.17, 15) is 0 Å². The highest BCUT2D eigenvalue weighted by atomic mass is 35.5. The van der Waals surface area contributed by atoms with E-state index in [1.165, 1.54) is 0 Å². The minimum atomic E-state index is 0.0980. The number of methoxy groups -OCH3 is 1. The maximum Gasteiger partial charge on any atom is 0.0701 e. The first-order chi connectivity index (χ1) is 13.5. The van der Waals surface area contributed by atoms with Gasteiger partial charge in [0.1, 0.15) is 0 Å². The van der Waals surface area contributed by atoms with Crippen molar-refractivity contribution in [1.82, 2.24) is 0 Å². The van der Waals surface area contributed by atoms with Crippen LogP contribution in [0.15, 0.2) is 18.2 Å². The third kappa shape index (κ3) is 10.8. The molecule has 0 N–H and O–H groups in total. The second-order valence-electron chi connectivity index (χ2n) is 6.92. The van der Waals surface area contributed by atoms with E-state index in [4.69, 9.17) is 37.4 Å². The van der Waals surface area contributed by atoms with Crippen LogP contribution in [0.25, 0.3) is 0 Å². The Labute approximate surface area is 188 Å². The fourth-order valence-electron chi connectivity index (χ4n) is 2.73. The molecule has 0 aliphatic rings. The minimum absolute atomic E-state index is 0.0980. The van der Waals surface area contributed by atoms with Gasteiger partial charge in [-0.1, -0.05) is 27.7 Å². The largest absolute Gasteiger partial charge is 0.382 e. The van der Waals surface area contributed by atoms with E-state index in [1.54, 1.807) is 17.9 Å². The van der Waals surface area contributed by atoms with Crippen LogP contribution in [0.5, 0.6) is 0 Å². The summed E-state index contributed by atoms with van der Waals surface area (Å²) in [5.41, 5.74) is 3.31. The molecule has 0 amide bonds. The Morgan fingerprint density at radius 3 is 2.04 bits per heavy atom. The second kappa shape index (κ2) is 15.1. The number of halogens is 2. The standard InChI is InChI=1S/C20H33Cl2NO3S2/c1-20(2,28-27-4)16-23(5-6-25-9-10-26-8-7-24-3)19-12-17(14-21)11-18(13-19)15-22/h11-13H,5-10,14-16H2,1-4H3. The van der Waals surface area contributed by atoms with Gasteiger partial charge in [0.05, 0.1) is 33.0 Å². The number of benzene rings is 1. The van der Waals surface area contributed by atoms with Crippen molar-refractivity contribution in [2.75, 3.05) is 64.4 Å². The molecule has 1 aromatic carbocycles. The van der Waals surface area contributed by atoms with E-state index in [-0.39, 0.29) is 4.75 Å². The van der Waals surface area contributed by atoms with Gasteiger partial charge in [-0.2, -0.15) is 0 Å². The van der Waals surface area contributed by atoms with Crippen LogP contribution in [-0.2, 0) is 26.0 Å². The molecule has 1 aromatic rings. The van der Waals surface area contributed by atoms with Crippen molar-refractivity contribution < 1.29 is 14.2 Å². The lowest BCUT2D eigenvalue weighted by Crippen LogP contribution is -2.38. The Kier molecular flexibility index (Phi) is 14.1. The first-order valence-electron chi connectivity index (χ1n) is 9.31. The zero-order chi connectivity index (χ0) is 20.8. The van der Waals surface area contributed by atoms with E-state index in [1.807, 2.05) is 10.8 Å². The fourth-order valence-corrected chi connectivity index (χ4v) is 5.21. The molecule has 0 bridgehead atoms. The number of rotatable bonds is 16. The number of ether oxygens (including phenoxy) is 3. The lowest BCUT2D eigenvalue weighted by Gasteiger charge is -2.33. The molecule has 0 spiro atoms. The summed E-state index contributed by atoms with van der Waals surface area (Å²) < 4.78 is 16.3. The highest BCUT2D eigenvalue weighted by Crippen LogP contribution is 2.35. The number of anilines is 1. The second-order valence-corrected chi connectivity index (χ2v) is 10.6. The fraction of sp³-hybridized carbons (Fsp3) is 0.700. The topological polar surface area (TPSA) is 30.9 Å². The average molecular weight is 471 g/mol. The van der Waals surface area contributed by atoms with Crippen molar-refractivity contribution in [2.45, 2.75) is 30.4 Å². The van der Waals surface area contributed by atoms with Gasteiger partial charge >= 0.3 is 0 Å². The number of hydrogen-bond donors (Lipinski definition) is 0. The molecule has 162 valence electrons. The summed E-state index contributed by atoms with van der Waals surface area (Å²) in [6, 6.07) is 6.37. The molecule has 4 nitrogen and oxygen atoms in total. The van der Waals surface area contributed by atoms with Crippen LogP contribution in [-0.4, -0.2) is 64.2 Å². The van der Waals surface area contributed by atoms with Gasteiger partial charge in [-0.25, -0.2) is 0 Å². The molecule has 0 heterocycles. The summed E-state index contributed by atoms with van der Waals surface area (Å²) in [7, 11) is 5.34. The molecular weight excluding hydrogens is 437 g/mol. The minimum Gasteiger partial charge on any atom is -0.382 e. The van der Waals surface area contributed by atoms with Crippen LogP contribution in [0, 0.1) is 0 Å². The molecule has 0 radical (unpaired) electrons. The third-order valence-electron chi connectivity index (χ3n) is 3.90. The van der Waals surface area contributed by atoms with Crippen molar-refractivity contribution in [2.24, 2.45) is 0 Å². The van der Waals surface area contributed by atoms with Gasteiger partial charge in [0, 0.05) is 42.4 Å². The molecular formula is C20H33Cl2NO3S2. The predicted molar refractivity (Wildman–Crippen MR) is 126 cm³/mol. The Morgan fingerprint density at radius 1 is 0.929 bits per heavy atom. The Bertz CT molecular complexity index is 528. The highest BCUT2D eigenvalue weighted by molar-refractivity contribution is 8.77. The van der Waals surface area contributed by atoms with Gasteiger partial charge in [0.15, 0.2) is 0 Å². The summed E-state index contributed by atoms with van der Waals surface area (Å²) in [5, 5.41) is 0. The van der Waals surface area contributed by atoms with Crippen LogP contribution in [0.3, 0.4) is 0 Å². The lowest BCUT2D eigenvalue weighted by molar-refractivity contribution is 0.0264. The number of nitrogens with zero attached hydrogens (tertiary/aromatic N) is 1. The zero-order valence-corrected chi connectivity index (χ0v) is 20.5. The molecule has 28 heavy (non-hydrogen) atoms. The van der Waals surface area contributed by atoms with Crippen LogP contribution in [0.1, 0.15) is 25.0 Å². The Morgan fingerprint density at radius 2 is 1.50 bits per heavy atom. The molecule has 8 heteroatoms. The van der Waals surface area contributed by atoms with Gasteiger partial charge in [0.2, 0.25) is 0 Å². The molecule has 0 fully saturated rings. The van der Waals surface area contributed by atoms with Gasteiger partial charge < -0.3 is 19.1 Å². The molecule has 0 aromatic heterocycles. The summed E-state index contributed by atoms with van der Waals surface area (Å²) in [6.45, 7) is 9.22. The third-order valence-corrected chi connectivity index (χ3v) is 7.12. The first-order valence-corrected chi connectivity index (χ1v) is 12.9. The SMILES string of the molecule is COCCOCCOCCN(CC(C)(C)SSC)c1cc(CCl)cc(CCl)c1. The normalized spacial score (nSPS) is 11.8. The Balaban J connectivity index is 2.72. The summed E-state index contributed by atoms with van der Waals surface area (Å²) >= 11 is 12.2. The van der Waals surface area contributed by atoms with Crippen LogP contribution >= 0.6 is 44.8 Å². The van der Waals surface area contributed by atoms with Crippen LogP contribution in [0.2, 0.25) is 0 Å². The summed E-state index contributed by atoms with van der Waals surface area (Å²) in [4.78, 5) is 2.36. The van der Waals surface area contributed by atoms with Gasteiger partial charge in [0.25, 0.3) is 0 Å². The molecule has 0 unspecified atom stereocenters. The molecule has 0 saturated carbocycles. The van der Waals surface area contributed by atoms with Crippen molar-refractivity contribution >= 4 is 50.5 Å². The van der Waals surface area contributed by atoms with Crippen LogP contribution in [0.4, 0.5) is 5.69 Å². The van der Waals surface area contributed by atoms with E-state index in [0.717, 1.165) is 29.9 Å². The predicted octanol–water partition coefficient (Wildman–Crippen LogP) is 5.44. The van der Waals surface area contributed by atoms with Crippen molar-refractivity contribution in [3.8, 4) is 0 Å². The first kappa shape index (κ1) is 26.2. The lowest BCUT2D eigenvalue weighted by atomic mass is 10.1. The van der Waals surface area contributed by atoms with Gasteiger partial charge in [-0.15, -0.1) is 23.2 Å². The molecule has 0 saturated heterocycles. The van der Waals surface area contributed by atoms with E-state index in [2.05, 4.69) is 43.2 Å². The van der Waals surface area contributed by atoms with Crippen molar-refractivity contribution in [1.29, 1.82) is 0 Å². The van der Waals surface area contributed by atoms with E-state index >= 15 is 0 Å². The average Bonchev–Trinajstić information content (AvgIpc) is 2.68.